The first-order valence-corrected chi connectivity index (χ1v) is 5.89. The van der Waals surface area contributed by atoms with Gasteiger partial charge in [0.2, 0.25) is 0 Å². The third-order valence-electron chi connectivity index (χ3n) is 2.38. The Morgan fingerprint density at radius 1 is 1.31 bits per heavy atom. The average Bonchev–Trinajstić information content (AvgIpc) is 2.75. The van der Waals surface area contributed by atoms with Crippen molar-refractivity contribution >= 4 is 17.1 Å². The summed E-state index contributed by atoms with van der Waals surface area (Å²) in [5.74, 6) is -0.240. The number of hydrogen-bond donors (Lipinski definition) is 1. The van der Waals surface area contributed by atoms with Gasteiger partial charge in [0, 0.05) is 15.8 Å². The van der Waals surface area contributed by atoms with Crippen molar-refractivity contribution in [2.45, 2.75) is 13.0 Å². The number of benzene rings is 1. The van der Waals surface area contributed by atoms with E-state index in [1.54, 1.807) is 23.6 Å². The van der Waals surface area contributed by atoms with E-state index in [-0.39, 0.29) is 5.78 Å². The predicted octanol–water partition coefficient (Wildman–Crippen LogP) is 2.97. The molecule has 1 atom stereocenters. The molecule has 0 saturated heterocycles. The number of aliphatic hydroxyl groups excluding tert-OH is 1. The van der Waals surface area contributed by atoms with E-state index in [4.69, 9.17) is 0 Å². The minimum Gasteiger partial charge on any atom is -0.380 e. The molecule has 0 spiro atoms. The number of ketones is 1. The van der Waals surface area contributed by atoms with Gasteiger partial charge in [-0.05, 0) is 18.6 Å². The Morgan fingerprint density at radius 3 is 2.56 bits per heavy atom. The highest BCUT2D eigenvalue weighted by atomic mass is 32.1. The summed E-state index contributed by atoms with van der Waals surface area (Å²) >= 11 is 1.51. The molecule has 0 aliphatic heterocycles. The third-order valence-corrected chi connectivity index (χ3v) is 3.24. The maximum atomic E-state index is 11.9. The van der Waals surface area contributed by atoms with E-state index in [1.165, 1.54) is 11.3 Å². The molecule has 16 heavy (non-hydrogen) atoms. The lowest BCUT2D eigenvalue weighted by molar-refractivity contribution is 0.0748. The van der Waals surface area contributed by atoms with Crippen LogP contribution in [0.1, 0.15) is 26.9 Å². The van der Waals surface area contributed by atoms with Gasteiger partial charge in [-0.3, -0.25) is 4.79 Å². The lowest BCUT2D eigenvalue weighted by Gasteiger charge is -2.08. The first kappa shape index (κ1) is 11.0. The SMILES string of the molecule is Cc1cc(C(=O)C(O)c2ccccc2)cs1. The Balaban J connectivity index is 2.23. The zero-order chi connectivity index (χ0) is 11.5. The van der Waals surface area contributed by atoms with Crippen LogP contribution < -0.4 is 0 Å². The van der Waals surface area contributed by atoms with Gasteiger partial charge in [0.15, 0.2) is 5.78 Å². The van der Waals surface area contributed by atoms with E-state index < -0.39 is 6.10 Å². The number of carbonyl (C=O) groups is 1. The van der Waals surface area contributed by atoms with Gasteiger partial charge in [0.1, 0.15) is 6.10 Å². The highest BCUT2D eigenvalue weighted by molar-refractivity contribution is 7.10. The van der Waals surface area contributed by atoms with Crippen molar-refractivity contribution in [3.05, 3.63) is 57.8 Å². The van der Waals surface area contributed by atoms with Crippen LogP contribution >= 0.6 is 11.3 Å². The lowest BCUT2D eigenvalue weighted by Crippen LogP contribution is -2.11. The van der Waals surface area contributed by atoms with Crippen molar-refractivity contribution in [1.29, 1.82) is 0 Å². The monoisotopic (exact) mass is 232 g/mol. The summed E-state index contributed by atoms with van der Waals surface area (Å²) in [5.41, 5.74) is 1.22. The van der Waals surface area contributed by atoms with Gasteiger partial charge < -0.3 is 5.11 Å². The topological polar surface area (TPSA) is 37.3 Å². The van der Waals surface area contributed by atoms with Gasteiger partial charge in [-0.1, -0.05) is 30.3 Å². The van der Waals surface area contributed by atoms with Gasteiger partial charge in [-0.2, -0.15) is 0 Å². The zero-order valence-electron chi connectivity index (χ0n) is 8.88. The van der Waals surface area contributed by atoms with E-state index in [0.717, 1.165) is 4.88 Å². The minimum atomic E-state index is -1.06. The molecule has 0 amide bonds. The average molecular weight is 232 g/mol. The van der Waals surface area contributed by atoms with Crippen LogP contribution in [0.15, 0.2) is 41.8 Å². The summed E-state index contributed by atoms with van der Waals surface area (Å²) in [4.78, 5) is 13.0. The second kappa shape index (κ2) is 4.60. The number of thiophene rings is 1. The molecule has 2 nitrogen and oxygen atoms in total. The molecule has 1 unspecified atom stereocenters. The Bertz CT molecular complexity index is 488. The fraction of sp³-hybridized carbons (Fsp3) is 0.154. The molecule has 0 radical (unpaired) electrons. The summed E-state index contributed by atoms with van der Waals surface area (Å²) in [6.45, 7) is 1.94. The molecule has 0 aliphatic carbocycles. The molecule has 1 N–H and O–H groups in total. The number of hydrogen-bond acceptors (Lipinski definition) is 3. The lowest BCUT2D eigenvalue weighted by atomic mass is 10.0. The second-order valence-electron chi connectivity index (χ2n) is 3.62. The Hall–Kier alpha value is -1.45. The van der Waals surface area contributed by atoms with Gasteiger partial charge >= 0.3 is 0 Å². The number of aliphatic hydroxyl groups is 1. The van der Waals surface area contributed by atoms with Crippen molar-refractivity contribution < 1.29 is 9.90 Å². The largest absolute Gasteiger partial charge is 0.380 e. The molecular formula is C13H12O2S. The first-order chi connectivity index (χ1) is 7.68. The minimum absolute atomic E-state index is 0.240. The zero-order valence-corrected chi connectivity index (χ0v) is 9.70. The highest BCUT2D eigenvalue weighted by Gasteiger charge is 2.19. The van der Waals surface area contributed by atoms with Crippen LogP contribution in [-0.4, -0.2) is 10.9 Å². The van der Waals surface area contributed by atoms with Crippen LogP contribution in [0.25, 0.3) is 0 Å². The van der Waals surface area contributed by atoms with Crippen molar-refractivity contribution in [3.8, 4) is 0 Å². The Labute approximate surface area is 98.2 Å². The molecule has 0 bridgehead atoms. The van der Waals surface area contributed by atoms with E-state index in [9.17, 15) is 9.90 Å². The van der Waals surface area contributed by atoms with Crippen molar-refractivity contribution in [3.63, 3.8) is 0 Å². The summed E-state index contributed by atoms with van der Waals surface area (Å²) in [6, 6.07) is 10.8. The number of carbonyl (C=O) groups excluding carboxylic acids is 1. The number of aryl methyl sites for hydroxylation is 1. The maximum Gasteiger partial charge on any atom is 0.196 e. The Kier molecular flexibility index (Phi) is 3.17. The molecular weight excluding hydrogens is 220 g/mol. The van der Waals surface area contributed by atoms with E-state index in [1.807, 2.05) is 25.1 Å². The van der Waals surface area contributed by atoms with Crippen molar-refractivity contribution in [2.75, 3.05) is 0 Å². The maximum absolute atomic E-state index is 11.9. The normalized spacial score (nSPS) is 12.4. The van der Waals surface area contributed by atoms with Crippen LogP contribution in [0.5, 0.6) is 0 Å². The number of Topliss-reactive ketones (excluding diaryl/α,β-unsaturated/α-hetero) is 1. The fourth-order valence-corrected chi connectivity index (χ4v) is 2.21. The molecule has 2 aromatic rings. The fourth-order valence-electron chi connectivity index (χ4n) is 1.52. The molecule has 1 aromatic carbocycles. The molecule has 82 valence electrons. The van der Waals surface area contributed by atoms with Gasteiger partial charge in [-0.25, -0.2) is 0 Å². The third kappa shape index (κ3) is 2.21. The molecule has 1 heterocycles. The van der Waals surface area contributed by atoms with E-state index >= 15 is 0 Å². The summed E-state index contributed by atoms with van der Waals surface area (Å²) in [6.07, 6.45) is -1.06. The van der Waals surface area contributed by atoms with Crippen LogP contribution in [0, 0.1) is 6.92 Å². The van der Waals surface area contributed by atoms with Crippen LogP contribution in [0.4, 0.5) is 0 Å². The second-order valence-corrected chi connectivity index (χ2v) is 4.74. The highest BCUT2D eigenvalue weighted by Crippen LogP contribution is 2.21. The number of rotatable bonds is 3. The van der Waals surface area contributed by atoms with Crippen LogP contribution in [0.2, 0.25) is 0 Å². The van der Waals surface area contributed by atoms with Crippen LogP contribution in [-0.2, 0) is 0 Å². The molecule has 2 rings (SSSR count). The molecule has 1 aromatic heterocycles. The van der Waals surface area contributed by atoms with E-state index in [2.05, 4.69) is 0 Å². The predicted molar refractivity (Wildman–Crippen MR) is 64.8 cm³/mol. The standard InChI is InChI=1S/C13H12O2S/c1-9-7-11(8-16-9)13(15)12(14)10-5-3-2-4-6-10/h2-8,12,14H,1H3. The van der Waals surface area contributed by atoms with Gasteiger partial charge in [-0.15, -0.1) is 11.3 Å². The van der Waals surface area contributed by atoms with E-state index in [0.29, 0.717) is 11.1 Å². The summed E-state index contributed by atoms with van der Waals surface area (Å²) in [7, 11) is 0. The quantitative estimate of drug-likeness (QED) is 0.826. The molecule has 0 aliphatic rings. The first-order valence-electron chi connectivity index (χ1n) is 5.01. The Morgan fingerprint density at radius 2 is 2.00 bits per heavy atom. The van der Waals surface area contributed by atoms with Crippen molar-refractivity contribution in [1.82, 2.24) is 0 Å². The molecule has 0 fully saturated rings. The summed E-state index contributed by atoms with van der Waals surface area (Å²) < 4.78 is 0. The van der Waals surface area contributed by atoms with Gasteiger partial charge in [0.05, 0.1) is 0 Å². The van der Waals surface area contributed by atoms with Crippen molar-refractivity contribution in [2.24, 2.45) is 0 Å². The van der Waals surface area contributed by atoms with Crippen LogP contribution in [0.3, 0.4) is 0 Å². The smallest absolute Gasteiger partial charge is 0.196 e. The summed E-state index contributed by atoms with van der Waals surface area (Å²) in [5, 5.41) is 11.7. The van der Waals surface area contributed by atoms with Gasteiger partial charge in [0.25, 0.3) is 0 Å². The molecule has 3 heteroatoms. The molecule has 0 saturated carbocycles.